The Morgan fingerprint density at radius 3 is 2.64 bits per heavy atom. The molecule has 0 saturated heterocycles. The summed E-state index contributed by atoms with van der Waals surface area (Å²) in [6.07, 6.45) is 4.56. The normalized spacial score (nSPS) is 50.2. The lowest BCUT2D eigenvalue weighted by Crippen LogP contribution is -2.66. The Morgan fingerprint density at radius 1 is 1.32 bits per heavy atom. The number of ketones is 2. The average Bonchev–Trinajstić information content (AvgIpc) is 2.82. The molecule has 4 aliphatic carbocycles. The second-order valence-corrected chi connectivity index (χ2v) is 10.3. The van der Waals surface area contributed by atoms with Crippen molar-refractivity contribution in [3.63, 3.8) is 0 Å². The van der Waals surface area contributed by atoms with E-state index in [1.165, 1.54) is 0 Å². The summed E-state index contributed by atoms with van der Waals surface area (Å²) < 4.78 is 0. The molecule has 28 heavy (non-hydrogen) atoms. The van der Waals surface area contributed by atoms with Crippen LogP contribution in [0.1, 0.15) is 46.5 Å². The van der Waals surface area contributed by atoms with E-state index in [2.05, 4.69) is 0 Å². The molecule has 2 unspecified atom stereocenters. The van der Waals surface area contributed by atoms with Gasteiger partial charge in [0.05, 0.1) is 11.0 Å². The molecule has 0 spiro atoms. The van der Waals surface area contributed by atoms with Crippen molar-refractivity contribution in [1.82, 2.24) is 0 Å². The first-order chi connectivity index (χ1) is 13.0. The fraction of sp³-hybridized carbons (Fsp3) is 0.727. The van der Waals surface area contributed by atoms with Crippen LogP contribution in [0, 0.1) is 29.1 Å². The van der Waals surface area contributed by atoms with E-state index < -0.39 is 34.4 Å². The van der Waals surface area contributed by atoms with Crippen molar-refractivity contribution < 1.29 is 24.9 Å². The number of aliphatic hydroxyl groups excluding tert-OH is 2. The van der Waals surface area contributed by atoms with Crippen molar-refractivity contribution in [2.75, 3.05) is 6.61 Å². The number of alkyl halides is 1. The van der Waals surface area contributed by atoms with E-state index in [1.807, 2.05) is 20.8 Å². The molecular weight excluding hydrogens is 380 g/mol. The second-order valence-electron chi connectivity index (χ2n) is 9.64. The first kappa shape index (κ1) is 20.3. The minimum atomic E-state index is -1.67. The SMILES string of the molecule is CC1=CC(=O)C=C2CC[C@H]3[C@@H]4C[C@H](C)C(O)(C(=O)CO)[C@@]4(C)C[C@H](O)[C@]3(Cl)C12. The van der Waals surface area contributed by atoms with Gasteiger partial charge >= 0.3 is 0 Å². The lowest BCUT2D eigenvalue weighted by Gasteiger charge is -2.61. The van der Waals surface area contributed by atoms with E-state index >= 15 is 0 Å². The summed E-state index contributed by atoms with van der Waals surface area (Å²) in [5, 5.41) is 32.3. The zero-order valence-corrected chi connectivity index (χ0v) is 17.4. The summed E-state index contributed by atoms with van der Waals surface area (Å²) in [5.41, 5.74) is -0.670. The summed E-state index contributed by atoms with van der Waals surface area (Å²) >= 11 is 7.27. The highest BCUT2D eigenvalue weighted by Crippen LogP contribution is 2.69. The maximum Gasteiger partial charge on any atom is 0.190 e. The summed E-state index contributed by atoms with van der Waals surface area (Å²) in [6, 6.07) is 0. The van der Waals surface area contributed by atoms with E-state index in [4.69, 9.17) is 11.6 Å². The molecule has 3 fully saturated rings. The van der Waals surface area contributed by atoms with Crippen LogP contribution in [-0.2, 0) is 9.59 Å². The molecule has 3 N–H and O–H groups in total. The summed E-state index contributed by atoms with van der Waals surface area (Å²) in [7, 11) is 0. The molecule has 6 heteroatoms. The standard InChI is InChI=1S/C22H29ClO5/c1-11-6-14(25)8-13-4-5-15-16-7-12(2)22(28,18(27)10-24)20(16,3)9-17(26)21(15,23)19(11)13/h6,8,12,15-17,19,24,26,28H,4-5,7,9-10H2,1-3H3/t12-,15-,16-,17-,19?,20-,21-,22?/m0/s1. The third-order valence-corrected chi connectivity index (χ3v) is 9.22. The molecular formula is C22H29ClO5. The molecule has 154 valence electrons. The van der Waals surface area contributed by atoms with Crippen LogP contribution in [0.4, 0.5) is 0 Å². The lowest BCUT2D eigenvalue weighted by atomic mass is 9.48. The Morgan fingerprint density at radius 2 is 2.00 bits per heavy atom. The lowest BCUT2D eigenvalue weighted by molar-refractivity contribution is -0.176. The number of halogens is 1. The number of rotatable bonds is 2. The molecule has 0 bridgehead atoms. The van der Waals surface area contributed by atoms with Gasteiger partial charge in [0.1, 0.15) is 12.2 Å². The smallest absolute Gasteiger partial charge is 0.190 e. The molecule has 8 atom stereocenters. The molecule has 0 radical (unpaired) electrons. The van der Waals surface area contributed by atoms with Gasteiger partial charge in [-0.05, 0) is 62.5 Å². The van der Waals surface area contributed by atoms with Crippen LogP contribution in [0.5, 0.6) is 0 Å². The number of aliphatic hydroxyl groups is 3. The van der Waals surface area contributed by atoms with Crippen molar-refractivity contribution in [1.29, 1.82) is 0 Å². The molecule has 5 nitrogen and oxygen atoms in total. The highest BCUT2D eigenvalue weighted by atomic mass is 35.5. The fourth-order valence-corrected chi connectivity index (χ4v) is 7.96. The molecule has 0 aromatic heterocycles. The van der Waals surface area contributed by atoms with Crippen molar-refractivity contribution in [3.05, 3.63) is 23.3 Å². The van der Waals surface area contributed by atoms with Gasteiger partial charge in [-0.1, -0.05) is 25.0 Å². The molecule has 3 saturated carbocycles. The van der Waals surface area contributed by atoms with Gasteiger partial charge in [-0.3, -0.25) is 9.59 Å². The van der Waals surface area contributed by atoms with Crippen molar-refractivity contribution in [2.45, 2.75) is 63.0 Å². The third-order valence-electron chi connectivity index (χ3n) is 8.47. The second kappa shape index (κ2) is 6.24. The highest BCUT2D eigenvalue weighted by molar-refractivity contribution is 6.25. The van der Waals surface area contributed by atoms with E-state index in [0.29, 0.717) is 12.8 Å². The molecule has 4 aliphatic rings. The maximum atomic E-state index is 12.6. The average molecular weight is 409 g/mol. The first-order valence-electron chi connectivity index (χ1n) is 10.2. The third kappa shape index (κ3) is 2.25. The maximum absolute atomic E-state index is 12.6. The van der Waals surface area contributed by atoms with Gasteiger partial charge < -0.3 is 15.3 Å². The van der Waals surface area contributed by atoms with Crippen molar-refractivity contribution in [2.24, 2.45) is 29.1 Å². The van der Waals surface area contributed by atoms with Crippen LogP contribution >= 0.6 is 11.6 Å². The largest absolute Gasteiger partial charge is 0.391 e. The van der Waals surface area contributed by atoms with E-state index in [-0.39, 0.29) is 35.9 Å². The van der Waals surface area contributed by atoms with Crippen LogP contribution < -0.4 is 0 Å². The van der Waals surface area contributed by atoms with Crippen LogP contribution in [-0.4, -0.2) is 50.1 Å². The van der Waals surface area contributed by atoms with Gasteiger partial charge in [-0.15, -0.1) is 11.6 Å². The first-order valence-corrected chi connectivity index (χ1v) is 10.6. The zero-order chi connectivity index (χ0) is 20.6. The number of fused-ring (bicyclic) bond motifs is 5. The summed E-state index contributed by atoms with van der Waals surface area (Å²) in [5.74, 6) is -1.27. The molecule has 0 aromatic carbocycles. The number of carbonyl (C=O) groups is 2. The van der Waals surface area contributed by atoms with Gasteiger partial charge in [0.2, 0.25) is 0 Å². The van der Waals surface area contributed by atoms with E-state index in [9.17, 15) is 24.9 Å². The van der Waals surface area contributed by atoms with Crippen LogP contribution in [0.15, 0.2) is 23.3 Å². The number of hydrogen-bond acceptors (Lipinski definition) is 5. The molecule has 4 rings (SSSR count). The number of hydrogen-bond donors (Lipinski definition) is 3. The Kier molecular flexibility index (Phi) is 4.52. The molecule has 0 aliphatic heterocycles. The zero-order valence-electron chi connectivity index (χ0n) is 16.6. The van der Waals surface area contributed by atoms with Crippen LogP contribution in [0.25, 0.3) is 0 Å². The monoisotopic (exact) mass is 408 g/mol. The highest BCUT2D eigenvalue weighted by Gasteiger charge is 2.72. The Bertz CT molecular complexity index is 803. The Balaban J connectivity index is 1.81. The van der Waals surface area contributed by atoms with Gasteiger partial charge in [0.25, 0.3) is 0 Å². The van der Waals surface area contributed by atoms with E-state index in [0.717, 1.165) is 17.6 Å². The molecule has 0 heterocycles. The van der Waals surface area contributed by atoms with Gasteiger partial charge in [0, 0.05) is 11.3 Å². The predicted molar refractivity (Wildman–Crippen MR) is 105 cm³/mol. The van der Waals surface area contributed by atoms with Gasteiger partial charge in [-0.2, -0.15) is 0 Å². The van der Waals surface area contributed by atoms with Crippen LogP contribution in [0.3, 0.4) is 0 Å². The van der Waals surface area contributed by atoms with E-state index in [1.54, 1.807) is 12.2 Å². The molecule has 0 amide bonds. The Labute approximate surface area is 170 Å². The quantitative estimate of drug-likeness (QED) is 0.608. The topological polar surface area (TPSA) is 94.8 Å². The van der Waals surface area contributed by atoms with Gasteiger partial charge in [0.15, 0.2) is 11.6 Å². The summed E-state index contributed by atoms with van der Waals surface area (Å²) in [6.45, 7) is 4.89. The minimum Gasteiger partial charge on any atom is -0.391 e. The van der Waals surface area contributed by atoms with Crippen LogP contribution in [0.2, 0.25) is 0 Å². The Hall–Kier alpha value is -1.01. The molecule has 0 aromatic rings. The van der Waals surface area contributed by atoms with Gasteiger partial charge in [-0.25, -0.2) is 0 Å². The number of carbonyl (C=O) groups excluding carboxylic acids is 2. The number of allylic oxidation sites excluding steroid dienone is 4. The fourth-order valence-electron chi connectivity index (χ4n) is 7.31. The van der Waals surface area contributed by atoms with Crippen molar-refractivity contribution >= 4 is 23.2 Å². The predicted octanol–water partition coefficient (Wildman–Crippen LogP) is 2.17. The summed E-state index contributed by atoms with van der Waals surface area (Å²) in [4.78, 5) is 23.6. The number of Topliss-reactive ketones (excluding diaryl/α,β-unsaturated/α-hetero) is 1. The van der Waals surface area contributed by atoms with Crippen molar-refractivity contribution in [3.8, 4) is 0 Å². The minimum absolute atomic E-state index is 0.0324.